The lowest BCUT2D eigenvalue weighted by Crippen LogP contribution is -2.38. The largest absolute Gasteiger partial charge is 0.354 e. The van der Waals surface area contributed by atoms with Crippen molar-refractivity contribution in [3.05, 3.63) is 71.3 Å². The van der Waals surface area contributed by atoms with E-state index in [-0.39, 0.29) is 24.4 Å². The molecule has 1 unspecified atom stereocenters. The van der Waals surface area contributed by atoms with Crippen LogP contribution in [0.3, 0.4) is 0 Å². The summed E-state index contributed by atoms with van der Waals surface area (Å²) in [5.74, 6) is 0.119. The molecule has 2 N–H and O–H groups in total. The van der Waals surface area contributed by atoms with Crippen LogP contribution in [0.4, 0.5) is 0 Å². The molecule has 1 atom stereocenters. The van der Waals surface area contributed by atoms with Crippen molar-refractivity contribution in [2.45, 2.75) is 25.3 Å². The Labute approximate surface area is 143 Å². The molecule has 1 aliphatic rings. The first kappa shape index (κ1) is 17.5. The van der Waals surface area contributed by atoms with Gasteiger partial charge >= 0.3 is 0 Å². The molecule has 2 aromatic carbocycles. The minimum absolute atomic E-state index is 0. The van der Waals surface area contributed by atoms with Crippen molar-refractivity contribution in [3.8, 4) is 0 Å². The Hall–Kier alpha value is -1.84. The molecular formula is C19H23ClN2O. The molecule has 0 radical (unpaired) electrons. The molecule has 4 heteroatoms. The molecule has 3 nitrogen and oxygen atoms in total. The van der Waals surface area contributed by atoms with Gasteiger partial charge in [0.1, 0.15) is 0 Å². The summed E-state index contributed by atoms with van der Waals surface area (Å²) in [6, 6.07) is 18.9. The smallest absolute Gasteiger partial charge is 0.220 e. The molecule has 0 aliphatic carbocycles. The molecule has 0 saturated heterocycles. The summed E-state index contributed by atoms with van der Waals surface area (Å²) in [6.45, 7) is 1.63. The summed E-state index contributed by atoms with van der Waals surface area (Å²) >= 11 is 0. The van der Waals surface area contributed by atoms with Crippen LogP contribution in [0.25, 0.3) is 0 Å². The van der Waals surface area contributed by atoms with E-state index < -0.39 is 0 Å². The number of benzene rings is 2. The Kier molecular flexibility index (Phi) is 6.63. The maximum absolute atomic E-state index is 12.0. The van der Waals surface area contributed by atoms with Gasteiger partial charge in [0, 0.05) is 19.0 Å². The van der Waals surface area contributed by atoms with E-state index >= 15 is 0 Å². The Morgan fingerprint density at radius 3 is 2.65 bits per heavy atom. The third kappa shape index (κ3) is 4.81. The zero-order valence-electron chi connectivity index (χ0n) is 13.1. The van der Waals surface area contributed by atoms with Gasteiger partial charge in [-0.1, -0.05) is 54.6 Å². The Bertz CT molecular complexity index is 630. The van der Waals surface area contributed by atoms with Gasteiger partial charge < -0.3 is 10.6 Å². The van der Waals surface area contributed by atoms with Gasteiger partial charge in [-0.25, -0.2) is 0 Å². The van der Waals surface area contributed by atoms with Crippen LogP contribution in [0.2, 0.25) is 0 Å². The standard InChI is InChI=1S/C19H22N2O.ClH/c22-19(11-10-15-6-2-1-3-7-15)21-14-18-17-9-5-4-8-16(17)12-13-20-18;/h1-9,18,20H,10-14H2,(H,21,22);1H. The number of amides is 1. The summed E-state index contributed by atoms with van der Waals surface area (Å²) in [5.41, 5.74) is 3.92. The summed E-state index contributed by atoms with van der Waals surface area (Å²) in [5, 5.41) is 6.55. The zero-order valence-corrected chi connectivity index (χ0v) is 13.9. The Balaban J connectivity index is 0.00000192. The highest BCUT2D eigenvalue weighted by atomic mass is 35.5. The van der Waals surface area contributed by atoms with Crippen LogP contribution in [-0.2, 0) is 17.6 Å². The normalized spacial score (nSPS) is 16.1. The fourth-order valence-electron chi connectivity index (χ4n) is 2.98. The van der Waals surface area contributed by atoms with Gasteiger partial charge in [-0.05, 0) is 36.1 Å². The molecule has 23 heavy (non-hydrogen) atoms. The summed E-state index contributed by atoms with van der Waals surface area (Å²) in [7, 11) is 0. The third-order valence-corrected chi connectivity index (χ3v) is 4.20. The highest BCUT2D eigenvalue weighted by Gasteiger charge is 2.19. The van der Waals surface area contributed by atoms with E-state index in [1.165, 1.54) is 16.7 Å². The molecule has 0 fully saturated rings. The SMILES string of the molecule is Cl.O=C(CCc1ccccc1)NCC1NCCc2ccccc21. The van der Waals surface area contributed by atoms with Crippen molar-refractivity contribution >= 4 is 18.3 Å². The summed E-state index contributed by atoms with van der Waals surface area (Å²) in [4.78, 5) is 12.0. The number of hydrogen-bond acceptors (Lipinski definition) is 2. The lowest BCUT2D eigenvalue weighted by atomic mass is 9.94. The zero-order chi connectivity index (χ0) is 15.2. The first-order valence-corrected chi connectivity index (χ1v) is 7.95. The van der Waals surface area contributed by atoms with Gasteiger partial charge in [0.05, 0.1) is 0 Å². The number of carbonyl (C=O) groups is 1. The molecule has 1 heterocycles. The molecule has 0 bridgehead atoms. The average molecular weight is 331 g/mol. The average Bonchev–Trinajstić information content (AvgIpc) is 2.59. The number of nitrogens with one attached hydrogen (secondary N) is 2. The molecule has 1 amide bonds. The minimum Gasteiger partial charge on any atom is -0.354 e. The fourth-order valence-corrected chi connectivity index (χ4v) is 2.98. The van der Waals surface area contributed by atoms with Crippen molar-refractivity contribution in [1.82, 2.24) is 10.6 Å². The number of carbonyl (C=O) groups excluding carboxylic acids is 1. The minimum atomic E-state index is 0. The molecule has 0 spiro atoms. The van der Waals surface area contributed by atoms with Crippen LogP contribution >= 0.6 is 12.4 Å². The van der Waals surface area contributed by atoms with E-state index in [1.54, 1.807) is 0 Å². The number of halogens is 1. The van der Waals surface area contributed by atoms with Crippen LogP contribution in [0.1, 0.15) is 29.2 Å². The second-order valence-electron chi connectivity index (χ2n) is 5.75. The van der Waals surface area contributed by atoms with Gasteiger partial charge in [-0.3, -0.25) is 4.79 Å². The van der Waals surface area contributed by atoms with Gasteiger partial charge in [-0.15, -0.1) is 12.4 Å². The Morgan fingerprint density at radius 2 is 1.83 bits per heavy atom. The van der Waals surface area contributed by atoms with E-state index in [9.17, 15) is 4.79 Å². The summed E-state index contributed by atoms with van der Waals surface area (Å²) in [6.07, 6.45) is 2.40. The molecule has 1 aliphatic heterocycles. The van der Waals surface area contributed by atoms with Crippen LogP contribution in [0.5, 0.6) is 0 Å². The summed E-state index contributed by atoms with van der Waals surface area (Å²) < 4.78 is 0. The highest BCUT2D eigenvalue weighted by Crippen LogP contribution is 2.21. The predicted molar refractivity (Wildman–Crippen MR) is 95.9 cm³/mol. The monoisotopic (exact) mass is 330 g/mol. The first-order chi connectivity index (χ1) is 10.8. The van der Waals surface area contributed by atoms with Gasteiger partial charge in [0.15, 0.2) is 0 Å². The molecule has 3 rings (SSSR count). The van der Waals surface area contributed by atoms with E-state index in [2.05, 4.69) is 47.0 Å². The van der Waals surface area contributed by atoms with Crippen molar-refractivity contribution in [2.75, 3.05) is 13.1 Å². The molecule has 0 aromatic heterocycles. The molecular weight excluding hydrogens is 308 g/mol. The number of aryl methyl sites for hydroxylation is 1. The van der Waals surface area contributed by atoms with E-state index in [1.807, 2.05) is 18.2 Å². The predicted octanol–water partition coefficient (Wildman–Crippen LogP) is 3.04. The maximum atomic E-state index is 12.0. The first-order valence-electron chi connectivity index (χ1n) is 7.95. The molecule has 122 valence electrons. The molecule has 0 saturated carbocycles. The van der Waals surface area contributed by atoms with E-state index in [0.717, 1.165) is 19.4 Å². The van der Waals surface area contributed by atoms with Crippen LogP contribution in [-0.4, -0.2) is 19.0 Å². The third-order valence-electron chi connectivity index (χ3n) is 4.20. The van der Waals surface area contributed by atoms with E-state index in [4.69, 9.17) is 0 Å². The maximum Gasteiger partial charge on any atom is 0.220 e. The fraction of sp³-hybridized carbons (Fsp3) is 0.316. The van der Waals surface area contributed by atoms with Crippen molar-refractivity contribution in [1.29, 1.82) is 0 Å². The second kappa shape index (κ2) is 8.70. The van der Waals surface area contributed by atoms with E-state index in [0.29, 0.717) is 13.0 Å². The van der Waals surface area contributed by atoms with Gasteiger partial charge in [0.2, 0.25) is 5.91 Å². The van der Waals surface area contributed by atoms with Gasteiger partial charge in [-0.2, -0.15) is 0 Å². The lowest BCUT2D eigenvalue weighted by molar-refractivity contribution is -0.121. The number of fused-ring (bicyclic) bond motifs is 1. The van der Waals surface area contributed by atoms with Crippen LogP contribution in [0.15, 0.2) is 54.6 Å². The quantitative estimate of drug-likeness (QED) is 0.884. The molecule has 2 aromatic rings. The number of rotatable bonds is 5. The lowest BCUT2D eigenvalue weighted by Gasteiger charge is -2.27. The van der Waals surface area contributed by atoms with Crippen molar-refractivity contribution in [2.24, 2.45) is 0 Å². The van der Waals surface area contributed by atoms with Gasteiger partial charge in [0.25, 0.3) is 0 Å². The topological polar surface area (TPSA) is 41.1 Å². The number of hydrogen-bond donors (Lipinski definition) is 2. The second-order valence-corrected chi connectivity index (χ2v) is 5.75. The van der Waals surface area contributed by atoms with Crippen LogP contribution in [0, 0.1) is 0 Å². The Morgan fingerprint density at radius 1 is 1.09 bits per heavy atom. The van der Waals surface area contributed by atoms with Crippen molar-refractivity contribution < 1.29 is 4.79 Å². The van der Waals surface area contributed by atoms with Crippen LogP contribution < -0.4 is 10.6 Å². The van der Waals surface area contributed by atoms with Crippen molar-refractivity contribution in [3.63, 3.8) is 0 Å². The highest BCUT2D eigenvalue weighted by molar-refractivity contribution is 5.85.